The number of nitrogens with zero attached hydrogens (tertiary/aromatic N) is 3. The molecule has 0 unspecified atom stereocenters. The number of aromatic nitrogens is 2. The average Bonchev–Trinajstić information content (AvgIpc) is 3.67. The predicted octanol–water partition coefficient (Wildman–Crippen LogP) is 4.73. The van der Waals surface area contributed by atoms with Crippen LogP contribution in [0.5, 0.6) is 0 Å². The van der Waals surface area contributed by atoms with Crippen LogP contribution < -0.4 is 10.5 Å². The molecule has 0 saturated carbocycles. The van der Waals surface area contributed by atoms with E-state index in [1.807, 2.05) is 63.9 Å². The van der Waals surface area contributed by atoms with Crippen LogP contribution in [-0.2, 0) is 38.4 Å². The molecule has 228 valence electrons. The summed E-state index contributed by atoms with van der Waals surface area (Å²) in [6, 6.07) is 18.6. The second-order valence-corrected chi connectivity index (χ2v) is 13.6. The highest BCUT2D eigenvalue weighted by molar-refractivity contribution is 7.91. The Morgan fingerprint density at radius 2 is 1.91 bits per heavy atom. The molecule has 1 fully saturated rings. The quantitative estimate of drug-likeness (QED) is 0.159. The third-order valence-electron chi connectivity index (χ3n) is 7.95. The molecule has 1 saturated heterocycles. The van der Waals surface area contributed by atoms with Crippen molar-refractivity contribution in [3.05, 3.63) is 93.9 Å². The number of rotatable bonds is 11. The highest BCUT2D eigenvalue weighted by atomic mass is 32.2. The molecule has 12 heteroatoms. The number of nitrogens with one attached hydrogen (secondary N) is 1. The number of hydrogen-bond donors (Lipinski definition) is 2. The number of hydrogen-bond acceptors (Lipinski definition) is 8. The maximum atomic E-state index is 13.6. The molecule has 0 aliphatic carbocycles. The first-order chi connectivity index (χ1) is 21.3. The maximum absolute atomic E-state index is 13.6. The number of pyridine rings is 1. The predicted molar refractivity (Wildman–Crippen MR) is 172 cm³/mol. The SMILES string of the molecule is NCc1ccc2cc(C(=O)OCC3CCN(C=O)CC3)n(Cc3cc(NS(=O)(=O)Cc4ccsc4)cc4ccccc34)c2n1. The fraction of sp³-hybridized carbons (Fsp3) is 0.281. The van der Waals surface area contributed by atoms with Crippen LogP contribution >= 0.6 is 11.3 Å². The molecule has 1 aliphatic heterocycles. The summed E-state index contributed by atoms with van der Waals surface area (Å²) in [7, 11) is -3.67. The number of nitrogens with two attached hydrogens (primary N) is 1. The van der Waals surface area contributed by atoms with Gasteiger partial charge in [-0.2, -0.15) is 11.3 Å². The van der Waals surface area contributed by atoms with Gasteiger partial charge in [0.25, 0.3) is 0 Å². The molecule has 0 spiro atoms. The molecule has 0 radical (unpaired) electrons. The number of benzene rings is 2. The van der Waals surface area contributed by atoms with E-state index in [0.29, 0.717) is 35.8 Å². The maximum Gasteiger partial charge on any atom is 0.355 e. The first kappa shape index (κ1) is 29.8. The topological polar surface area (TPSA) is 137 Å². The average molecular weight is 632 g/mol. The van der Waals surface area contributed by atoms with Crippen molar-refractivity contribution >= 4 is 61.2 Å². The van der Waals surface area contributed by atoms with Gasteiger partial charge in [-0.15, -0.1) is 0 Å². The summed E-state index contributed by atoms with van der Waals surface area (Å²) < 4.78 is 36.5. The van der Waals surface area contributed by atoms with E-state index >= 15 is 0 Å². The Hall–Kier alpha value is -4.26. The van der Waals surface area contributed by atoms with Gasteiger partial charge >= 0.3 is 5.97 Å². The molecule has 1 aliphatic rings. The van der Waals surface area contributed by atoms with Gasteiger partial charge in [0, 0.05) is 30.7 Å². The Kier molecular flexibility index (Phi) is 8.65. The normalized spacial score (nSPS) is 14.2. The monoisotopic (exact) mass is 631 g/mol. The van der Waals surface area contributed by atoms with Crippen molar-refractivity contribution in [2.45, 2.75) is 31.7 Å². The number of piperidine rings is 1. The zero-order valence-electron chi connectivity index (χ0n) is 24.0. The van der Waals surface area contributed by atoms with Crippen LogP contribution in [-0.4, -0.2) is 54.9 Å². The van der Waals surface area contributed by atoms with Gasteiger partial charge in [0.1, 0.15) is 11.3 Å². The van der Waals surface area contributed by atoms with Crippen LogP contribution in [0, 0.1) is 5.92 Å². The number of amides is 1. The van der Waals surface area contributed by atoms with E-state index in [9.17, 15) is 18.0 Å². The van der Waals surface area contributed by atoms with E-state index in [1.165, 1.54) is 11.3 Å². The number of fused-ring (bicyclic) bond motifs is 2. The second-order valence-electron chi connectivity index (χ2n) is 11.1. The third-order valence-corrected chi connectivity index (χ3v) is 9.95. The number of esters is 1. The summed E-state index contributed by atoms with van der Waals surface area (Å²) >= 11 is 1.45. The number of carbonyl (C=O) groups excluding carboxylic acids is 2. The summed E-state index contributed by atoms with van der Waals surface area (Å²) in [5.74, 6) is -0.415. The molecule has 1 amide bonds. The van der Waals surface area contributed by atoms with Crippen molar-refractivity contribution < 1.29 is 22.7 Å². The molecular weight excluding hydrogens is 599 g/mol. The van der Waals surface area contributed by atoms with Crippen LogP contribution in [0.2, 0.25) is 0 Å². The smallest absolute Gasteiger partial charge is 0.355 e. The van der Waals surface area contributed by atoms with Gasteiger partial charge in [-0.25, -0.2) is 18.2 Å². The Labute approximate surface area is 259 Å². The first-order valence-corrected chi connectivity index (χ1v) is 17.0. The van der Waals surface area contributed by atoms with Gasteiger partial charge in [-0.3, -0.25) is 9.52 Å². The minimum atomic E-state index is -3.67. The fourth-order valence-corrected chi connectivity index (χ4v) is 7.60. The largest absolute Gasteiger partial charge is 0.461 e. The summed E-state index contributed by atoms with van der Waals surface area (Å²) in [4.78, 5) is 31.1. The van der Waals surface area contributed by atoms with E-state index in [1.54, 1.807) is 17.0 Å². The lowest BCUT2D eigenvalue weighted by Gasteiger charge is -2.28. The van der Waals surface area contributed by atoms with E-state index in [2.05, 4.69) is 4.72 Å². The van der Waals surface area contributed by atoms with Gasteiger partial charge in [0.2, 0.25) is 16.4 Å². The van der Waals surface area contributed by atoms with E-state index in [4.69, 9.17) is 15.5 Å². The van der Waals surface area contributed by atoms with E-state index in [-0.39, 0.29) is 31.4 Å². The van der Waals surface area contributed by atoms with E-state index in [0.717, 1.165) is 46.5 Å². The first-order valence-electron chi connectivity index (χ1n) is 14.4. The van der Waals surface area contributed by atoms with Crippen LogP contribution in [0.1, 0.15) is 40.2 Å². The number of sulfonamides is 1. The van der Waals surface area contributed by atoms with Gasteiger partial charge in [0.05, 0.1) is 24.6 Å². The zero-order chi connectivity index (χ0) is 30.7. The number of ether oxygens (including phenoxy) is 1. The minimum absolute atomic E-state index is 0.128. The molecule has 0 bridgehead atoms. The molecule has 10 nitrogen and oxygen atoms in total. The van der Waals surface area contributed by atoms with Crippen molar-refractivity contribution in [3.8, 4) is 0 Å². The van der Waals surface area contributed by atoms with Crippen LogP contribution in [0.15, 0.2) is 71.4 Å². The summed E-state index contributed by atoms with van der Waals surface area (Å²) in [6.07, 6.45) is 2.41. The molecule has 5 aromatic rings. The van der Waals surface area contributed by atoms with Crippen molar-refractivity contribution in [3.63, 3.8) is 0 Å². The number of carbonyl (C=O) groups is 2. The Morgan fingerprint density at radius 1 is 1.09 bits per heavy atom. The molecule has 3 N–H and O–H groups in total. The Balaban J connectivity index is 1.34. The number of anilines is 1. The van der Waals surface area contributed by atoms with Gasteiger partial charge in [0.15, 0.2) is 0 Å². The minimum Gasteiger partial charge on any atom is -0.461 e. The number of thiophene rings is 1. The Bertz CT molecular complexity index is 1910. The molecule has 0 atom stereocenters. The lowest BCUT2D eigenvalue weighted by Crippen LogP contribution is -2.34. The van der Waals surface area contributed by atoms with Crippen LogP contribution in [0.3, 0.4) is 0 Å². The van der Waals surface area contributed by atoms with Crippen molar-refractivity contribution in [2.24, 2.45) is 11.7 Å². The molecule has 2 aromatic carbocycles. The van der Waals surface area contributed by atoms with Crippen molar-refractivity contribution in [2.75, 3.05) is 24.4 Å². The summed E-state index contributed by atoms with van der Waals surface area (Å²) in [5, 5.41) is 6.22. The van der Waals surface area contributed by atoms with Crippen molar-refractivity contribution in [1.29, 1.82) is 0 Å². The Morgan fingerprint density at radius 3 is 2.66 bits per heavy atom. The molecular formula is C32H33N5O5S2. The molecule has 3 aromatic heterocycles. The highest BCUT2D eigenvalue weighted by Gasteiger charge is 2.23. The molecule has 6 rings (SSSR count). The lowest BCUT2D eigenvalue weighted by atomic mass is 9.98. The number of likely N-dealkylation sites (tertiary alicyclic amines) is 1. The molecule has 44 heavy (non-hydrogen) atoms. The summed E-state index contributed by atoms with van der Waals surface area (Å²) in [6.45, 7) is 2.05. The van der Waals surface area contributed by atoms with Gasteiger partial charge in [-0.1, -0.05) is 24.3 Å². The van der Waals surface area contributed by atoms with Gasteiger partial charge in [-0.05, 0) is 87.8 Å². The van der Waals surface area contributed by atoms with Crippen LogP contribution in [0.25, 0.3) is 21.8 Å². The van der Waals surface area contributed by atoms with Gasteiger partial charge < -0.3 is 19.9 Å². The standard InChI is InChI=1S/C32H33N5O5S2/c33-16-27-6-5-25-15-30(32(39)42-18-22-7-10-36(21-38)11-8-22)37(31(25)34-27)17-26-14-28(13-24-3-1-2-4-29(24)26)35-44(40,41)20-23-9-12-43-19-23/h1-6,9,12-15,19,21-22,35H,7-8,10-11,16-18,20,33H2. The lowest BCUT2D eigenvalue weighted by molar-refractivity contribution is -0.119. The van der Waals surface area contributed by atoms with Crippen LogP contribution in [0.4, 0.5) is 5.69 Å². The molecule has 4 heterocycles. The zero-order valence-corrected chi connectivity index (χ0v) is 25.6. The fourth-order valence-electron chi connectivity index (χ4n) is 5.66. The van der Waals surface area contributed by atoms with E-state index < -0.39 is 16.0 Å². The second kappa shape index (κ2) is 12.8. The summed E-state index contributed by atoms with van der Waals surface area (Å²) in [5.41, 5.74) is 9.49. The van der Waals surface area contributed by atoms with Crippen molar-refractivity contribution in [1.82, 2.24) is 14.5 Å². The third kappa shape index (κ3) is 6.62. The highest BCUT2D eigenvalue weighted by Crippen LogP contribution is 2.29.